The summed E-state index contributed by atoms with van der Waals surface area (Å²) in [5.74, 6) is 1.61. The molecule has 1 atom stereocenters. The van der Waals surface area contributed by atoms with Gasteiger partial charge in [-0.1, -0.05) is 12.1 Å². The first kappa shape index (κ1) is 25.3. The second-order valence-corrected chi connectivity index (χ2v) is 8.88. The molecule has 0 aliphatic carbocycles. The number of aryl methyl sites for hydroxylation is 1. The molecule has 0 aromatic heterocycles. The van der Waals surface area contributed by atoms with Gasteiger partial charge >= 0.3 is 5.97 Å². The van der Waals surface area contributed by atoms with Crippen LogP contribution in [0.4, 0.5) is 5.69 Å². The molecule has 8 heteroatoms. The number of benzene rings is 3. The zero-order valence-corrected chi connectivity index (χ0v) is 21.7. The number of thiocarbonyl (C=S) groups is 1. The lowest BCUT2D eigenvalue weighted by Gasteiger charge is -2.39. The number of methoxy groups -OCH3 is 3. The van der Waals surface area contributed by atoms with Gasteiger partial charge in [-0.3, -0.25) is 0 Å². The summed E-state index contributed by atoms with van der Waals surface area (Å²) in [6, 6.07) is 18.9. The van der Waals surface area contributed by atoms with Crippen LogP contribution < -0.4 is 19.5 Å². The second kappa shape index (κ2) is 11.3. The third kappa shape index (κ3) is 5.54. The molecular formula is C28H30N2O5S. The van der Waals surface area contributed by atoms with Crippen molar-refractivity contribution < 1.29 is 23.7 Å². The maximum absolute atomic E-state index is 11.8. The van der Waals surface area contributed by atoms with Crippen molar-refractivity contribution in [3.8, 4) is 17.2 Å². The molecule has 3 aromatic carbocycles. The van der Waals surface area contributed by atoms with Crippen LogP contribution in [0.1, 0.15) is 33.1 Å². The number of fused-ring (bicyclic) bond motifs is 1. The molecule has 0 radical (unpaired) electrons. The third-order valence-electron chi connectivity index (χ3n) is 6.22. The van der Waals surface area contributed by atoms with Crippen molar-refractivity contribution in [1.82, 2.24) is 4.90 Å². The smallest absolute Gasteiger partial charge is 0.337 e. The number of nitrogens with zero attached hydrogens (tertiary/aromatic N) is 1. The molecule has 0 spiro atoms. The summed E-state index contributed by atoms with van der Waals surface area (Å²) in [4.78, 5) is 13.9. The summed E-state index contributed by atoms with van der Waals surface area (Å²) in [5, 5.41) is 4.00. The van der Waals surface area contributed by atoms with Gasteiger partial charge < -0.3 is 29.2 Å². The van der Waals surface area contributed by atoms with E-state index in [1.54, 1.807) is 38.5 Å². The Morgan fingerprint density at radius 1 is 1.03 bits per heavy atom. The summed E-state index contributed by atoms with van der Waals surface area (Å²) in [5.41, 5.74) is 4.79. The van der Waals surface area contributed by atoms with Crippen LogP contribution in [-0.2, 0) is 11.2 Å². The lowest BCUT2D eigenvalue weighted by molar-refractivity contribution is 0.0600. The van der Waals surface area contributed by atoms with Gasteiger partial charge in [0.15, 0.2) is 16.6 Å². The van der Waals surface area contributed by atoms with Crippen LogP contribution in [0.5, 0.6) is 17.2 Å². The molecule has 0 fully saturated rings. The highest BCUT2D eigenvalue weighted by Crippen LogP contribution is 2.38. The summed E-state index contributed by atoms with van der Waals surface area (Å²) in [6.07, 6.45) is 0.801. The Morgan fingerprint density at radius 2 is 1.75 bits per heavy atom. The lowest BCUT2D eigenvalue weighted by Crippen LogP contribution is -2.44. The quantitative estimate of drug-likeness (QED) is 0.348. The Bertz CT molecular complexity index is 1250. The van der Waals surface area contributed by atoms with Gasteiger partial charge in [0.05, 0.1) is 32.9 Å². The van der Waals surface area contributed by atoms with Gasteiger partial charge in [-0.2, -0.15) is 0 Å². The van der Waals surface area contributed by atoms with Gasteiger partial charge in [0, 0.05) is 12.2 Å². The molecule has 1 N–H and O–H groups in total. The standard InChI is InChI=1S/C28H30N2O5S/c1-18-6-5-7-21(14-18)29-28(36)30-13-12-20-15-25(32-2)26(33-3)16-23(20)24(30)17-35-22-10-8-19(9-11-22)27(31)34-4/h5-11,14-16,24H,12-13,17H2,1-4H3,(H,29,36). The van der Waals surface area contributed by atoms with Crippen LogP contribution in [0.2, 0.25) is 0 Å². The van der Waals surface area contributed by atoms with Gasteiger partial charge in [-0.15, -0.1) is 0 Å². The predicted molar refractivity (Wildman–Crippen MR) is 143 cm³/mol. The predicted octanol–water partition coefficient (Wildman–Crippen LogP) is 5.17. The Balaban J connectivity index is 1.62. The summed E-state index contributed by atoms with van der Waals surface area (Å²) in [7, 11) is 4.63. The molecule has 0 saturated heterocycles. The Hall–Kier alpha value is -3.78. The molecule has 188 valence electrons. The fraction of sp³-hybridized carbons (Fsp3) is 0.286. The van der Waals surface area contributed by atoms with Gasteiger partial charge in [0.25, 0.3) is 0 Å². The van der Waals surface area contributed by atoms with E-state index in [2.05, 4.69) is 16.3 Å². The average molecular weight is 507 g/mol. The monoisotopic (exact) mass is 506 g/mol. The first-order valence-corrected chi connectivity index (χ1v) is 12.0. The van der Waals surface area contributed by atoms with Crippen LogP contribution in [0.15, 0.2) is 60.7 Å². The summed E-state index contributed by atoms with van der Waals surface area (Å²) < 4.78 is 22.1. The Labute approximate surface area is 216 Å². The van der Waals surface area contributed by atoms with Crippen molar-refractivity contribution in [3.63, 3.8) is 0 Å². The SMILES string of the molecule is COC(=O)c1ccc(OCC2c3cc(OC)c(OC)cc3CCN2C(=S)Nc2cccc(C)c2)cc1. The van der Waals surface area contributed by atoms with E-state index >= 15 is 0 Å². The zero-order chi connectivity index (χ0) is 25.7. The van der Waals surface area contributed by atoms with Crippen molar-refractivity contribution in [2.24, 2.45) is 0 Å². The minimum atomic E-state index is -0.387. The van der Waals surface area contributed by atoms with E-state index in [1.165, 1.54) is 7.11 Å². The topological polar surface area (TPSA) is 69.3 Å². The lowest BCUT2D eigenvalue weighted by atomic mass is 9.92. The van der Waals surface area contributed by atoms with E-state index in [0.717, 1.165) is 35.3 Å². The van der Waals surface area contributed by atoms with Crippen molar-refractivity contribution in [2.45, 2.75) is 19.4 Å². The Morgan fingerprint density at radius 3 is 2.42 bits per heavy atom. The highest BCUT2D eigenvalue weighted by Gasteiger charge is 2.31. The van der Waals surface area contributed by atoms with Gasteiger partial charge in [0.2, 0.25) is 0 Å². The molecule has 0 saturated carbocycles. The number of esters is 1. The fourth-order valence-electron chi connectivity index (χ4n) is 4.35. The second-order valence-electron chi connectivity index (χ2n) is 8.49. The normalized spacial score (nSPS) is 14.4. The molecule has 3 aromatic rings. The summed E-state index contributed by atoms with van der Waals surface area (Å²) >= 11 is 5.86. The third-order valence-corrected chi connectivity index (χ3v) is 6.55. The fourth-order valence-corrected chi connectivity index (χ4v) is 4.69. The zero-order valence-electron chi connectivity index (χ0n) is 20.9. The first-order valence-electron chi connectivity index (χ1n) is 11.6. The number of carbonyl (C=O) groups is 1. The van der Waals surface area contributed by atoms with Crippen LogP contribution in [0.25, 0.3) is 0 Å². The molecule has 7 nitrogen and oxygen atoms in total. The molecule has 4 rings (SSSR count). The van der Waals surface area contributed by atoms with E-state index < -0.39 is 0 Å². The van der Waals surface area contributed by atoms with Crippen LogP contribution in [-0.4, -0.2) is 50.5 Å². The molecule has 1 heterocycles. The van der Waals surface area contributed by atoms with E-state index in [0.29, 0.717) is 34.5 Å². The minimum Gasteiger partial charge on any atom is -0.493 e. The van der Waals surface area contributed by atoms with Crippen molar-refractivity contribution in [3.05, 3.63) is 82.9 Å². The molecule has 1 aliphatic rings. The summed E-state index contributed by atoms with van der Waals surface area (Å²) in [6.45, 7) is 3.11. The minimum absolute atomic E-state index is 0.168. The van der Waals surface area contributed by atoms with E-state index in [-0.39, 0.29) is 12.0 Å². The van der Waals surface area contributed by atoms with Crippen molar-refractivity contribution in [2.75, 3.05) is 39.8 Å². The molecule has 1 unspecified atom stereocenters. The van der Waals surface area contributed by atoms with Crippen LogP contribution in [0, 0.1) is 6.92 Å². The molecule has 0 amide bonds. The van der Waals surface area contributed by atoms with Gasteiger partial charge in [-0.25, -0.2) is 4.79 Å². The molecule has 1 aliphatic heterocycles. The number of ether oxygens (including phenoxy) is 4. The van der Waals surface area contributed by atoms with Crippen molar-refractivity contribution in [1.29, 1.82) is 0 Å². The number of carbonyl (C=O) groups excluding carboxylic acids is 1. The van der Waals surface area contributed by atoms with Crippen LogP contribution in [0.3, 0.4) is 0 Å². The number of hydrogen-bond donors (Lipinski definition) is 1. The van der Waals surface area contributed by atoms with E-state index in [4.69, 9.17) is 31.2 Å². The highest BCUT2D eigenvalue weighted by molar-refractivity contribution is 7.80. The van der Waals surface area contributed by atoms with E-state index in [1.807, 2.05) is 37.3 Å². The van der Waals surface area contributed by atoms with Crippen molar-refractivity contribution >= 4 is 29.0 Å². The number of anilines is 1. The molecule has 36 heavy (non-hydrogen) atoms. The highest BCUT2D eigenvalue weighted by atomic mass is 32.1. The van der Waals surface area contributed by atoms with Gasteiger partial charge in [-0.05, 0) is 90.8 Å². The molecular weight excluding hydrogens is 476 g/mol. The van der Waals surface area contributed by atoms with E-state index in [9.17, 15) is 4.79 Å². The molecule has 0 bridgehead atoms. The number of rotatable bonds is 7. The Kier molecular flexibility index (Phi) is 7.95. The maximum atomic E-state index is 11.8. The number of hydrogen-bond acceptors (Lipinski definition) is 6. The van der Waals surface area contributed by atoms with Gasteiger partial charge in [0.1, 0.15) is 12.4 Å². The largest absolute Gasteiger partial charge is 0.493 e. The van der Waals surface area contributed by atoms with Crippen LogP contribution >= 0.6 is 12.2 Å². The maximum Gasteiger partial charge on any atom is 0.337 e. The number of nitrogens with one attached hydrogen (secondary N) is 1. The first-order chi connectivity index (χ1) is 17.4. The average Bonchev–Trinajstić information content (AvgIpc) is 2.90.